The van der Waals surface area contributed by atoms with E-state index in [0.29, 0.717) is 13.0 Å². The van der Waals surface area contributed by atoms with Gasteiger partial charge in [-0.3, -0.25) is 4.68 Å². The van der Waals surface area contributed by atoms with Gasteiger partial charge < -0.3 is 4.74 Å². The Morgan fingerprint density at radius 2 is 2.10 bits per heavy atom. The Bertz CT molecular complexity index is 709. The van der Waals surface area contributed by atoms with Crippen LogP contribution in [0.4, 0.5) is 0 Å². The third-order valence-corrected chi connectivity index (χ3v) is 4.93. The maximum absolute atomic E-state index is 11.8. The standard InChI is InChI=1S/C14H21N3O3S/c1-11(20-3)10-21(18,19)15-9-8-13-12-6-4-5-7-14(12)17(2)16-13/h4-7,11,15H,8-10H2,1-3H3/t11-/m1/s1. The number of para-hydroxylation sites is 1. The summed E-state index contributed by atoms with van der Waals surface area (Å²) in [5, 5.41) is 5.50. The van der Waals surface area contributed by atoms with Gasteiger partial charge in [-0.25, -0.2) is 13.1 Å². The fourth-order valence-electron chi connectivity index (χ4n) is 2.23. The van der Waals surface area contributed by atoms with Crippen LogP contribution in [-0.4, -0.2) is 43.7 Å². The molecule has 7 heteroatoms. The molecule has 0 aliphatic carbocycles. The lowest BCUT2D eigenvalue weighted by molar-refractivity contribution is 0.136. The molecule has 1 heterocycles. The van der Waals surface area contributed by atoms with E-state index in [0.717, 1.165) is 16.6 Å². The van der Waals surface area contributed by atoms with Crippen molar-refractivity contribution in [2.75, 3.05) is 19.4 Å². The molecule has 21 heavy (non-hydrogen) atoms. The van der Waals surface area contributed by atoms with Crippen molar-refractivity contribution < 1.29 is 13.2 Å². The Hall–Kier alpha value is -1.44. The maximum Gasteiger partial charge on any atom is 0.214 e. The summed E-state index contributed by atoms with van der Waals surface area (Å²) in [6, 6.07) is 7.91. The van der Waals surface area contributed by atoms with Crippen LogP contribution < -0.4 is 4.72 Å². The zero-order valence-electron chi connectivity index (χ0n) is 12.5. The number of hydrogen-bond donors (Lipinski definition) is 1. The summed E-state index contributed by atoms with van der Waals surface area (Å²) in [7, 11) is 0.0663. The van der Waals surface area contributed by atoms with E-state index in [2.05, 4.69) is 9.82 Å². The van der Waals surface area contributed by atoms with Crippen molar-refractivity contribution in [3.05, 3.63) is 30.0 Å². The molecule has 0 fully saturated rings. The van der Waals surface area contributed by atoms with Gasteiger partial charge in [-0.05, 0) is 13.0 Å². The summed E-state index contributed by atoms with van der Waals surface area (Å²) in [6.07, 6.45) is 0.236. The second-order valence-corrected chi connectivity index (χ2v) is 6.91. The van der Waals surface area contributed by atoms with Gasteiger partial charge in [0, 0.05) is 32.5 Å². The van der Waals surface area contributed by atoms with E-state index in [1.165, 1.54) is 7.11 Å². The minimum atomic E-state index is -3.32. The lowest BCUT2D eigenvalue weighted by atomic mass is 10.2. The highest BCUT2D eigenvalue weighted by atomic mass is 32.2. The van der Waals surface area contributed by atoms with Gasteiger partial charge in [-0.15, -0.1) is 0 Å². The van der Waals surface area contributed by atoms with E-state index in [1.807, 2.05) is 36.0 Å². The minimum absolute atomic E-state index is 0.0353. The number of ether oxygens (including phenoxy) is 1. The van der Waals surface area contributed by atoms with Crippen molar-refractivity contribution in [1.29, 1.82) is 0 Å². The highest BCUT2D eigenvalue weighted by Gasteiger charge is 2.15. The van der Waals surface area contributed by atoms with Crippen LogP contribution in [0, 0.1) is 0 Å². The van der Waals surface area contributed by atoms with Crippen molar-refractivity contribution in [1.82, 2.24) is 14.5 Å². The molecule has 0 bridgehead atoms. The van der Waals surface area contributed by atoms with Gasteiger partial charge in [-0.2, -0.15) is 5.10 Å². The molecule has 1 aromatic carbocycles. The molecule has 0 saturated heterocycles. The third-order valence-electron chi connectivity index (χ3n) is 3.37. The summed E-state index contributed by atoms with van der Waals surface area (Å²) < 4.78 is 33.1. The van der Waals surface area contributed by atoms with Crippen LogP contribution in [0.1, 0.15) is 12.6 Å². The molecule has 0 spiro atoms. The summed E-state index contributed by atoms with van der Waals surface area (Å²) in [4.78, 5) is 0. The van der Waals surface area contributed by atoms with Crippen molar-refractivity contribution in [3.63, 3.8) is 0 Å². The summed E-state index contributed by atoms with van der Waals surface area (Å²) in [6.45, 7) is 2.06. The minimum Gasteiger partial charge on any atom is -0.381 e. The first-order chi connectivity index (χ1) is 9.93. The molecule has 0 aliphatic heterocycles. The SMILES string of the molecule is CO[C@H](C)CS(=O)(=O)NCCc1nn(C)c2ccccc12. The molecule has 0 radical (unpaired) electrons. The van der Waals surface area contributed by atoms with E-state index in [4.69, 9.17) is 4.74 Å². The largest absolute Gasteiger partial charge is 0.381 e. The lowest BCUT2D eigenvalue weighted by Gasteiger charge is -2.10. The molecule has 0 saturated carbocycles. The van der Waals surface area contributed by atoms with Gasteiger partial charge in [0.1, 0.15) is 0 Å². The van der Waals surface area contributed by atoms with Gasteiger partial charge in [0.05, 0.1) is 23.1 Å². The lowest BCUT2D eigenvalue weighted by Crippen LogP contribution is -2.33. The Morgan fingerprint density at radius 3 is 2.81 bits per heavy atom. The molecule has 2 rings (SSSR count). The number of aromatic nitrogens is 2. The Labute approximate surface area is 125 Å². The summed E-state index contributed by atoms with van der Waals surface area (Å²) >= 11 is 0. The summed E-state index contributed by atoms with van der Waals surface area (Å²) in [5.41, 5.74) is 1.94. The number of nitrogens with zero attached hydrogens (tertiary/aromatic N) is 2. The zero-order valence-corrected chi connectivity index (χ0v) is 13.4. The van der Waals surface area contributed by atoms with E-state index >= 15 is 0 Å². The predicted octanol–water partition coefficient (Wildman–Crippen LogP) is 1.07. The predicted molar refractivity (Wildman–Crippen MR) is 82.7 cm³/mol. The van der Waals surface area contributed by atoms with Crippen LogP contribution in [0.5, 0.6) is 0 Å². The highest BCUT2D eigenvalue weighted by Crippen LogP contribution is 2.17. The Morgan fingerprint density at radius 1 is 1.38 bits per heavy atom. The smallest absolute Gasteiger partial charge is 0.214 e. The first kappa shape index (κ1) is 15.9. The number of nitrogens with one attached hydrogen (secondary N) is 1. The fraction of sp³-hybridized carbons (Fsp3) is 0.500. The maximum atomic E-state index is 11.8. The van der Waals surface area contributed by atoms with Crippen LogP contribution >= 0.6 is 0 Å². The van der Waals surface area contributed by atoms with Gasteiger partial charge in [0.25, 0.3) is 0 Å². The van der Waals surface area contributed by atoms with Crippen LogP contribution in [0.2, 0.25) is 0 Å². The topological polar surface area (TPSA) is 73.2 Å². The van der Waals surface area contributed by atoms with Gasteiger partial charge in [-0.1, -0.05) is 18.2 Å². The molecule has 0 aliphatic rings. The number of rotatable bonds is 7. The molecular formula is C14H21N3O3S. The monoisotopic (exact) mass is 311 g/mol. The van der Waals surface area contributed by atoms with Crippen molar-refractivity contribution in [2.24, 2.45) is 7.05 Å². The van der Waals surface area contributed by atoms with Crippen LogP contribution in [0.3, 0.4) is 0 Å². The molecule has 1 atom stereocenters. The Kier molecular flexibility index (Phi) is 4.97. The van der Waals surface area contributed by atoms with E-state index in [-0.39, 0.29) is 11.9 Å². The number of methoxy groups -OCH3 is 1. The number of fused-ring (bicyclic) bond motifs is 1. The van der Waals surface area contributed by atoms with Crippen LogP contribution in [0.15, 0.2) is 24.3 Å². The van der Waals surface area contributed by atoms with Gasteiger partial charge >= 0.3 is 0 Å². The van der Waals surface area contributed by atoms with E-state index in [9.17, 15) is 8.42 Å². The first-order valence-electron chi connectivity index (χ1n) is 6.83. The molecule has 6 nitrogen and oxygen atoms in total. The molecule has 116 valence electrons. The molecule has 0 amide bonds. The van der Waals surface area contributed by atoms with Gasteiger partial charge in [0.15, 0.2) is 0 Å². The van der Waals surface area contributed by atoms with Crippen LogP contribution in [0.25, 0.3) is 10.9 Å². The normalized spacial score (nSPS) is 13.7. The fourth-order valence-corrected chi connectivity index (χ4v) is 3.52. The van der Waals surface area contributed by atoms with Crippen LogP contribution in [-0.2, 0) is 28.2 Å². The van der Waals surface area contributed by atoms with Crippen molar-refractivity contribution in [3.8, 4) is 0 Å². The van der Waals surface area contributed by atoms with Crippen molar-refractivity contribution in [2.45, 2.75) is 19.4 Å². The second-order valence-electron chi connectivity index (χ2n) is 5.06. The number of aryl methyl sites for hydroxylation is 1. The highest BCUT2D eigenvalue weighted by molar-refractivity contribution is 7.89. The van der Waals surface area contributed by atoms with E-state index < -0.39 is 10.0 Å². The van der Waals surface area contributed by atoms with E-state index in [1.54, 1.807) is 6.92 Å². The molecule has 1 aromatic heterocycles. The van der Waals surface area contributed by atoms with Gasteiger partial charge in [0.2, 0.25) is 10.0 Å². The molecule has 0 unspecified atom stereocenters. The summed E-state index contributed by atoms with van der Waals surface area (Å²) in [5.74, 6) is -0.0353. The average Bonchev–Trinajstić information content (AvgIpc) is 2.75. The second kappa shape index (κ2) is 6.55. The number of benzene rings is 1. The molecule has 1 N–H and O–H groups in total. The number of hydrogen-bond acceptors (Lipinski definition) is 4. The van der Waals surface area contributed by atoms with Crippen molar-refractivity contribution >= 4 is 20.9 Å². The number of sulfonamides is 1. The average molecular weight is 311 g/mol. The zero-order chi connectivity index (χ0) is 15.5. The molecule has 2 aromatic rings. The third kappa shape index (κ3) is 4.03. The molecular weight excluding hydrogens is 290 g/mol. The Balaban J connectivity index is 2.00. The first-order valence-corrected chi connectivity index (χ1v) is 8.49. The quantitative estimate of drug-likeness (QED) is 0.830.